The van der Waals surface area contributed by atoms with Crippen LogP contribution in [-0.4, -0.2) is 27.2 Å². The fourth-order valence-corrected chi connectivity index (χ4v) is 3.30. The van der Waals surface area contributed by atoms with Crippen molar-refractivity contribution in [2.75, 3.05) is 5.32 Å². The van der Waals surface area contributed by atoms with Crippen LogP contribution in [0.2, 0.25) is 0 Å². The van der Waals surface area contributed by atoms with E-state index in [4.69, 9.17) is 5.73 Å². The van der Waals surface area contributed by atoms with E-state index in [1.165, 1.54) is 6.20 Å². The molecule has 1 amide bonds. The largest absolute Gasteiger partial charge is 0.377 e. The third-order valence-electron chi connectivity index (χ3n) is 4.07. The summed E-state index contributed by atoms with van der Waals surface area (Å²) < 4.78 is 16.9. The lowest BCUT2D eigenvalue weighted by molar-refractivity contribution is 0.1000. The molecule has 3 rings (SSSR count). The van der Waals surface area contributed by atoms with Crippen molar-refractivity contribution in [1.82, 2.24) is 9.61 Å². The predicted molar refractivity (Wildman–Crippen MR) is 82.2 cm³/mol. The molecule has 0 bridgehead atoms. The third kappa shape index (κ3) is 2.50. The van der Waals surface area contributed by atoms with E-state index in [0.717, 1.165) is 17.3 Å². The fraction of sp³-hybridized carbons (Fsp3) is 0.429. The molecule has 7 heteroatoms. The Morgan fingerprint density at radius 3 is 3.05 bits per heavy atom. The van der Waals surface area contributed by atoms with Gasteiger partial charge in [-0.2, -0.15) is 5.10 Å². The molecular formula is C14H16BrFN4O. The molecule has 5 nitrogen and oxygen atoms in total. The SMILES string of the molecule is C[C@]1(F)CCC[C@H]1Nc1c(C(N)=O)cnn2cc(Br)cc12. The van der Waals surface area contributed by atoms with Gasteiger partial charge in [0.1, 0.15) is 5.67 Å². The van der Waals surface area contributed by atoms with Crippen molar-refractivity contribution in [1.29, 1.82) is 0 Å². The number of hydrogen-bond acceptors (Lipinski definition) is 3. The van der Waals surface area contributed by atoms with Crippen LogP contribution in [0.4, 0.5) is 10.1 Å². The first-order valence-corrected chi connectivity index (χ1v) is 7.60. The molecule has 0 radical (unpaired) electrons. The number of amides is 1. The van der Waals surface area contributed by atoms with E-state index < -0.39 is 11.6 Å². The van der Waals surface area contributed by atoms with Gasteiger partial charge in [0.25, 0.3) is 5.91 Å². The Morgan fingerprint density at radius 2 is 2.43 bits per heavy atom. The number of hydrogen-bond donors (Lipinski definition) is 2. The summed E-state index contributed by atoms with van der Waals surface area (Å²) in [6.45, 7) is 1.59. The highest BCUT2D eigenvalue weighted by Gasteiger charge is 2.39. The van der Waals surface area contributed by atoms with Crippen LogP contribution in [0.15, 0.2) is 22.9 Å². The van der Waals surface area contributed by atoms with Gasteiger partial charge < -0.3 is 11.1 Å². The Kier molecular flexibility index (Phi) is 3.39. The lowest BCUT2D eigenvalue weighted by atomic mass is 10.0. The molecular weight excluding hydrogens is 339 g/mol. The highest BCUT2D eigenvalue weighted by atomic mass is 79.9. The highest BCUT2D eigenvalue weighted by Crippen LogP contribution is 2.37. The van der Waals surface area contributed by atoms with Gasteiger partial charge >= 0.3 is 0 Å². The van der Waals surface area contributed by atoms with E-state index >= 15 is 0 Å². The van der Waals surface area contributed by atoms with Crippen LogP contribution in [0.25, 0.3) is 5.52 Å². The average molecular weight is 355 g/mol. The Bertz CT molecular complexity index is 712. The minimum Gasteiger partial charge on any atom is -0.377 e. The molecule has 1 aliphatic rings. The van der Waals surface area contributed by atoms with Gasteiger partial charge in [-0.15, -0.1) is 0 Å². The lowest BCUT2D eigenvalue weighted by Crippen LogP contribution is -2.36. The number of fused-ring (bicyclic) bond motifs is 1. The number of anilines is 1. The lowest BCUT2D eigenvalue weighted by Gasteiger charge is -2.26. The molecule has 0 saturated heterocycles. The third-order valence-corrected chi connectivity index (χ3v) is 4.51. The van der Waals surface area contributed by atoms with Crippen LogP contribution in [-0.2, 0) is 0 Å². The summed E-state index contributed by atoms with van der Waals surface area (Å²) in [4.78, 5) is 11.6. The zero-order chi connectivity index (χ0) is 15.2. The quantitative estimate of drug-likeness (QED) is 0.889. The molecule has 2 atom stereocenters. The molecule has 3 N–H and O–H groups in total. The van der Waals surface area contributed by atoms with Crippen molar-refractivity contribution in [2.24, 2.45) is 5.73 Å². The maximum atomic E-state index is 14.5. The molecule has 21 heavy (non-hydrogen) atoms. The molecule has 0 spiro atoms. The number of rotatable bonds is 3. The van der Waals surface area contributed by atoms with Crippen molar-refractivity contribution in [2.45, 2.75) is 37.9 Å². The Balaban J connectivity index is 2.10. The molecule has 1 aliphatic carbocycles. The minimum atomic E-state index is -1.29. The molecule has 2 aromatic heterocycles. The number of aromatic nitrogens is 2. The smallest absolute Gasteiger partial charge is 0.252 e. The maximum Gasteiger partial charge on any atom is 0.252 e. The Morgan fingerprint density at radius 1 is 1.67 bits per heavy atom. The second kappa shape index (κ2) is 4.98. The highest BCUT2D eigenvalue weighted by molar-refractivity contribution is 9.10. The second-order valence-corrected chi connectivity index (χ2v) is 6.57. The van der Waals surface area contributed by atoms with Gasteiger partial charge in [-0.1, -0.05) is 0 Å². The van der Waals surface area contributed by atoms with E-state index in [1.54, 1.807) is 17.6 Å². The molecule has 112 valence electrons. The van der Waals surface area contributed by atoms with Gasteiger partial charge in [-0.25, -0.2) is 8.91 Å². The molecule has 2 heterocycles. The number of primary amides is 1. The van der Waals surface area contributed by atoms with Gasteiger partial charge in [0, 0.05) is 10.7 Å². The van der Waals surface area contributed by atoms with Crippen molar-refractivity contribution < 1.29 is 9.18 Å². The number of carbonyl (C=O) groups excluding carboxylic acids is 1. The van der Waals surface area contributed by atoms with Gasteiger partial charge in [-0.05, 0) is 48.2 Å². The number of alkyl halides is 1. The number of nitrogens with two attached hydrogens (primary N) is 1. The van der Waals surface area contributed by atoms with Gasteiger partial charge in [0.05, 0.1) is 29.0 Å². The normalized spacial score (nSPS) is 25.4. The van der Waals surface area contributed by atoms with E-state index in [9.17, 15) is 9.18 Å². The number of carbonyl (C=O) groups is 1. The van der Waals surface area contributed by atoms with Crippen LogP contribution in [0, 0.1) is 0 Å². The number of nitrogens with one attached hydrogen (secondary N) is 1. The van der Waals surface area contributed by atoms with Gasteiger partial charge in [0.15, 0.2) is 0 Å². The first-order chi connectivity index (χ1) is 9.88. The van der Waals surface area contributed by atoms with E-state index in [-0.39, 0.29) is 11.6 Å². The molecule has 0 unspecified atom stereocenters. The zero-order valence-corrected chi connectivity index (χ0v) is 13.2. The number of halogens is 2. The van der Waals surface area contributed by atoms with Crippen LogP contribution in [0.5, 0.6) is 0 Å². The van der Waals surface area contributed by atoms with Gasteiger partial charge in [0.2, 0.25) is 0 Å². The molecule has 0 aromatic carbocycles. The van der Waals surface area contributed by atoms with Crippen LogP contribution >= 0.6 is 15.9 Å². The van der Waals surface area contributed by atoms with E-state index in [1.807, 2.05) is 6.07 Å². The topological polar surface area (TPSA) is 72.4 Å². The van der Waals surface area contributed by atoms with Crippen molar-refractivity contribution >= 4 is 33.0 Å². The summed E-state index contributed by atoms with van der Waals surface area (Å²) in [6.07, 6.45) is 5.25. The van der Waals surface area contributed by atoms with Crippen LogP contribution < -0.4 is 11.1 Å². The summed E-state index contributed by atoms with van der Waals surface area (Å²) in [5, 5.41) is 7.33. The molecule has 1 saturated carbocycles. The zero-order valence-electron chi connectivity index (χ0n) is 11.6. The molecule has 1 fully saturated rings. The number of nitrogens with zero attached hydrogens (tertiary/aromatic N) is 2. The molecule has 2 aromatic rings. The standard InChI is InChI=1S/C14H16BrFN4O/c1-14(16)4-2-3-11(14)19-12-9(13(17)21)6-18-20-7-8(15)5-10(12)20/h5-7,11,19H,2-4H2,1H3,(H2,17,21)/t11-,14+/m1/s1. The molecule has 0 aliphatic heterocycles. The van der Waals surface area contributed by atoms with E-state index in [2.05, 4.69) is 26.3 Å². The first-order valence-electron chi connectivity index (χ1n) is 6.80. The summed E-state index contributed by atoms with van der Waals surface area (Å²) in [7, 11) is 0. The van der Waals surface area contributed by atoms with Crippen molar-refractivity contribution in [3.63, 3.8) is 0 Å². The Labute approximate surface area is 129 Å². The maximum absolute atomic E-state index is 14.5. The predicted octanol–water partition coefficient (Wildman–Crippen LogP) is 2.89. The monoisotopic (exact) mass is 354 g/mol. The Hall–Kier alpha value is -1.63. The summed E-state index contributed by atoms with van der Waals surface area (Å²) in [5.41, 5.74) is 5.64. The minimum absolute atomic E-state index is 0.274. The van der Waals surface area contributed by atoms with Crippen LogP contribution in [0.1, 0.15) is 36.5 Å². The van der Waals surface area contributed by atoms with Crippen molar-refractivity contribution in [3.05, 3.63) is 28.5 Å². The summed E-state index contributed by atoms with van der Waals surface area (Å²) >= 11 is 3.38. The summed E-state index contributed by atoms with van der Waals surface area (Å²) in [5.74, 6) is -0.580. The second-order valence-electron chi connectivity index (χ2n) is 5.65. The average Bonchev–Trinajstić information content (AvgIpc) is 2.92. The van der Waals surface area contributed by atoms with E-state index in [0.29, 0.717) is 17.6 Å². The first kappa shape index (κ1) is 14.3. The van der Waals surface area contributed by atoms with Gasteiger partial charge in [-0.3, -0.25) is 4.79 Å². The van der Waals surface area contributed by atoms with Crippen LogP contribution in [0.3, 0.4) is 0 Å². The summed E-state index contributed by atoms with van der Waals surface area (Å²) in [6, 6.07) is 1.49. The fourth-order valence-electron chi connectivity index (χ4n) is 2.89. The van der Waals surface area contributed by atoms with Crippen molar-refractivity contribution in [3.8, 4) is 0 Å².